The quantitative estimate of drug-likeness (QED) is 0.763. The molecular formula is C14H22N2O5. The SMILES string of the molecule is C[C@@H]1C[C@@H](NC(=O)[C@H]2CCN2C(=O)OC(C)(C)C)C(=O)O1. The molecule has 118 valence electrons. The van der Waals surface area contributed by atoms with Crippen LogP contribution in [0.1, 0.15) is 40.5 Å². The van der Waals surface area contributed by atoms with Crippen LogP contribution in [-0.2, 0) is 19.1 Å². The Kier molecular flexibility index (Phi) is 4.11. The Balaban J connectivity index is 1.89. The molecule has 1 N–H and O–H groups in total. The zero-order chi connectivity index (χ0) is 15.8. The maximum absolute atomic E-state index is 12.1. The number of rotatable bonds is 2. The molecule has 2 amide bonds. The summed E-state index contributed by atoms with van der Waals surface area (Å²) in [5, 5.41) is 2.65. The van der Waals surface area contributed by atoms with Gasteiger partial charge < -0.3 is 14.8 Å². The van der Waals surface area contributed by atoms with Gasteiger partial charge in [0.1, 0.15) is 23.8 Å². The lowest BCUT2D eigenvalue weighted by Gasteiger charge is -2.40. The smallest absolute Gasteiger partial charge is 0.410 e. The monoisotopic (exact) mass is 298 g/mol. The molecule has 2 fully saturated rings. The van der Waals surface area contributed by atoms with Crippen LogP contribution in [0.5, 0.6) is 0 Å². The lowest BCUT2D eigenvalue weighted by molar-refractivity contribution is -0.144. The molecule has 2 heterocycles. The van der Waals surface area contributed by atoms with Gasteiger partial charge in [0.15, 0.2) is 0 Å². The van der Waals surface area contributed by atoms with Gasteiger partial charge >= 0.3 is 12.1 Å². The van der Waals surface area contributed by atoms with E-state index in [0.717, 1.165) is 0 Å². The van der Waals surface area contributed by atoms with E-state index in [2.05, 4.69) is 5.32 Å². The summed E-state index contributed by atoms with van der Waals surface area (Å²) in [4.78, 5) is 37.0. The van der Waals surface area contributed by atoms with Crippen molar-refractivity contribution in [1.82, 2.24) is 10.2 Å². The first kappa shape index (κ1) is 15.6. The van der Waals surface area contributed by atoms with Crippen molar-refractivity contribution in [3.05, 3.63) is 0 Å². The van der Waals surface area contributed by atoms with E-state index in [1.165, 1.54) is 4.90 Å². The number of carbonyl (C=O) groups is 3. The van der Waals surface area contributed by atoms with Gasteiger partial charge in [-0.2, -0.15) is 0 Å². The number of nitrogens with zero attached hydrogens (tertiary/aromatic N) is 1. The summed E-state index contributed by atoms with van der Waals surface area (Å²) in [5.74, 6) is -0.748. The van der Waals surface area contributed by atoms with Crippen LogP contribution in [-0.4, -0.2) is 53.2 Å². The number of nitrogens with one attached hydrogen (secondary N) is 1. The third kappa shape index (κ3) is 3.65. The highest BCUT2D eigenvalue weighted by Gasteiger charge is 2.42. The summed E-state index contributed by atoms with van der Waals surface area (Å²) in [6.07, 6.45) is 0.342. The molecule has 2 rings (SSSR count). The van der Waals surface area contributed by atoms with Gasteiger partial charge in [-0.1, -0.05) is 0 Å². The van der Waals surface area contributed by atoms with Crippen LogP contribution >= 0.6 is 0 Å². The van der Waals surface area contributed by atoms with Crippen molar-refractivity contribution in [2.45, 2.75) is 64.3 Å². The fraction of sp³-hybridized carbons (Fsp3) is 0.786. The second-order valence-electron chi connectivity index (χ2n) is 6.52. The highest BCUT2D eigenvalue weighted by molar-refractivity contribution is 5.91. The van der Waals surface area contributed by atoms with Crippen molar-refractivity contribution >= 4 is 18.0 Å². The summed E-state index contributed by atoms with van der Waals surface area (Å²) >= 11 is 0. The Bertz CT molecular complexity index is 457. The molecule has 0 aromatic rings. The van der Waals surface area contributed by atoms with Crippen LogP contribution in [0.25, 0.3) is 0 Å². The second kappa shape index (κ2) is 5.54. The largest absolute Gasteiger partial charge is 0.461 e. The minimum Gasteiger partial charge on any atom is -0.461 e. The van der Waals surface area contributed by atoms with Crippen LogP contribution in [0.3, 0.4) is 0 Å². The molecule has 0 bridgehead atoms. The summed E-state index contributed by atoms with van der Waals surface area (Å²) in [5.41, 5.74) is -0.599. The molecule has 2 aliphatic heterocycles. The first-order valence-corrected chi connectivity index (χ1v) is 7.18. The number of esters is 1. The maximum atomic E-state index is 12.1. The number of hydrogen-bond acceptors (Lipinski definition) is 5. The van der Waals surface area contributed by atoms with Crippen LogP contribution in [0.15, 0.2) is 0 Å². The van der Waals surface area contributed by atoms with Crippen molar-refractivity contribution in [1.29, 1.82) is 0 Å². The molecule has 0 spiro atoms. The molecule has 0 unspecified atom stereocenters. The van der Waals surface area contributed by atoms with Gasteiger partial charge in [0.25, 0.3) is 0 Å². The highest BCUT2D eigenvalue weighted by Crippen LogP contribution is 2.22. The predicted octanol–water partition coefficient (Wildman–Crippen LogP) is 0.816. The number of likely N-dealkylation sites (tertiary alicyclic amines) is 1. The molecule has 3 atom stereocenters. The number of amides is 2. The van der Waals surface area contributed by atoms with E-state index < -0.39 is 29.7 Å². The normalized spacial score (nSPS) is 28.7. The maximum Gasteiger partial charge on any atom is 0.410 e. The minimum atomic E-state index is -0.617. The van der Waals surface area contributed by atoms with Gasteiger partial charge in [-0.15, -0.1) is 0 Å². The van der Waals surface area contributed by atoms with E-state index in [0.29, 0.717) is 19.4 Å². The lowest BCUT2D eigenvalue weighted by atomic mass is 10.0. The fourth-order valence-corrected chi connectivity index (χ4v) is 2.34. The molecule has 0 aromatic carbocycles. The zero-order valence-electron chi connectivity index (χ0n) is 12.8. The molecule has 0 radical (unpaired) electrons. The second-order valence-corrected chi connectivity index (χ2v) is 6.52. The molecule has 0 aliphatic carbocycles. The van der Waals surface area contributed by atoms with Crippen LogP contribution in [0, 0.1) is 0 Å². The van der Waals surface area contributed by atoms with Crippen LogP contribution in [0.2, 0.25) is 0 Å². The van der Waals surface area contributed by atoms with Crippen molar-refractivity contribution in [3.63, 3.8) is 0 Å². The third-order valence-corrected chi connectivity index (χ3v) is 3.44. The summed E-state index contributed by atoms with van der Waals surface area (Å²) in [6, 6.07) is -1.18. The fourth-order valence-electron chi connectivity index (χ4n) is 2.34. The first-order chi connectivity index (χ1) is 9.67. The van der Waals surface area contributed by atoms with Gasteiger partial charge in [0.05, 0.1) is 0 Å². The number of ether oxygens (including phenoxy) is 2. The van der Waals surface area contributed by atoms with Crippen molar-refractivity contribution < 1.29 is 23.9 Å². The van der Waals surface area contributed by atoms with Crippen molar-refractivity contribution in [2.75, 3.05) is 6.54 Å². The Morgan fingerprint density at radius 2 is 2.05 bits per heavy atom. The Morgan fingerprint density at radius 3 is 2.48 bits per heavy atom. The minimum absolute atomic E-state index is 0.189. The molecule has 0 saturated carbocycles. The van der Waals surface area contributed by atoms with E-state index in [4.69, 9.17) is 9.47 Å². The van der Waals surface area contributed by atoms with Gasteiger partial charge in [0.2, 0.25) is 5.91 Å². The Labute approximate surface area is 123 Å². The zero-order valence-corrected chi connectivity index (χ0v) is 12.8. The molecule has 0 aromatic heterocycles. The molecular weight excluding hydrogens is 276 g/mol. The average molecular weight is 298 g/mol. The first-order valence-electron chi connectivity index (χ1n) is 7.18. The molecule has 21 heavy (non-hydrogen) atoms. The lowest BCUT2D eigenvalue weighted by Crippen LogP contribution is -2.60. The summed E-state index contributed by atoms with van der Waals surface area (Å²) in [6.45, 7) is 7.58. The van der Waals surface area contributed by atoms with E-state index in [-0.39, 0.29) is 12.0 Å². The third-order valence-electron chi connectivity index (χ3n) is 3.44. The standard InChI is InChI=1S/C14H22N2O5/c1-8-7-9(12(18)20-8)15-11(17)10-5-6-16(10)13(19)21-14(2,3)4/h8-10H,5-7H2,1-4H3,(H,15,17)/t8-,9-,10-/m1/s1. The molecule has 7 nitrogen and oxygen atoms in total. The highest BCUT2D eigenvalue weighted by atomic mass is 16.6. The number of hydrogen-bond donors (Lipinski definition) is 1. The number of carbonyl (C=O) groups excluding carboxylic acids is 3. The summed E-state index contributed by atoms with van der Waals surface area (Å²) < 4.78 is 10.2. The summed E-state index contributed by atoms with van der Waals surface area (Å²) in [7, 11) is 0. The van der Waals surface area contributed by atoms with Gasteiger partial charge in [-0.3, -0.25) is 9.69 Å². The molecule has 7 heteroatoms. The average Bonchev–Trinajstić information content (AvgIpc) is 2.52. The van der Waals surface area contributed by atoms with E-state index in [1.807, 2.05) is 0 Å². The van der Waals surface area contributed by atoms with Crippen LogP contribution < -0.4 is 5.32 Å². The number of cyclic esters (lactones) is 1. The Hall–Kier alpha value is -1.79. The van der Waals surface area contributed by atoms with Gasteiger partial charge in [-0.05, 0) is 34.1 Å². The van der Waals surface area contributed by atoms with E-state index in [1.54, 1.807) is 27.7 Å². The van der Waals surface area contributed by atoms with Crippen molar-refractivity contribution in [3.8, 4) is 0 Å². The van der Waals surface area contributed by atoms with Crippen molar-refractivity contribution in [2.24, 2.45) is 0 Å². The van der Waals surface area contributed by atoms with E-state index >= 15 is 0 Å². The van der Waals surface area contributed by atoms with Gasteiger partial charge in [0, 0.05) is 13.0 Å². The van der Waals surface area contributed by atoms with Crippen LogP contribution in [0.4, 0.5) is 4.79 Å². The molecule has 2 saturated heterocycles. The molecule has 2 aliphatic rings. The predicted molar refractivity (Wildman–Crippen MR) is 73.4 cm³/mol. The van der Waals surface area contributed by atoms with Gasteiger partial charge in [-0.25, -0.2) is 9.59 Å². The Morgan fingerprint density at radius 1 is 1.38 bits per heavy atom. The van der Waals surface area contributed by atoms with E-state index in [9.17, 15) is 14.4 Å². The topological polar surface area (TPSA) is 84.9 Å².